The van der Waals surface area contributed by atoms with Crippen LogP contribution in [0.2, 0.25) is 0 Å². The zero-order chi connectivity index (χ0) is 32.0. The van der Waals surface area contributed by atoms with E-state index in [4.69, 9.17) is 14.2 Å². The van der Waals surface area contributed by atoms with Crippen LogP contribution in [0.5, 0.6) is 17.2 Å². The van der Waals surface area contributed by atoms with Crippen molar-refractivity contribution in [1.29, 1.82) is 0 Å². The quantitative estimate of drug-likeness (QED) is 0.361. The second-order valence-electron chi connectivity index (χ2n) is 11.4. The second-order valence-corrected chi connectivity index (χ2v) is 11.4. The average Bonchev–Trinajstić information content (AvgIpc) is 3.08. The summed E-state index contributed by atoms with van der Waals surface area (Å²) in [6.07, 6.45) is 3.88. The lowest BCUT2D eigenvalue weighted by Crippen LogP contribution is -2.57. The highest BCUT2D eigenvalue weighted by Crippen LogP contribution is 2.33. The van der Waals surface area contributed by atoms with E-state index in [9.17, 15) is 14.4 Å². The Hall–Kier alpha value is -5.03. The van der Waals surface area contributed by atoms with Crippen molar-refractivity contribution in [1.82, 2.24) is 25.1 Å². The molecule has 2 aliphatic heterocycles. The van der Waals surface area contributed by atoms with Gasteiger partial charge in [-0.1, -0.05) is 24.3 Å². The molecule has 0 unspecified atom stereocenters. The van der Waals surface area contributed by atoms with Gasteiger partial charge in [-0.3, -0.25) is 24.4 Å². The van der Waals surface area contributed by atoms with Gasteiger partial charge >= 0.3 is 0 Å². The van der Waals surface area contributed by atoms with Crippen molar-refractivity contribution < 1.29 is 28.6 Å². The highest BCUT2D eigenvalue weighted by atomic mass is 16.5. The van der Waals surface area contributed by atoms with E-state index in [1.54, 1.807) is 41.4 Å². The first kappa shape index (κ1) is 31.0. The molecule has 2 aliphatic rings. The van der Waals surface area contributed by atoms with Crippen LogP contribution < -0.4 is 14.8 Å². The zero-order valence-electron chi connectivity index (χ0n) is 26.0. The average molecular weight is 624 g/mol. The Kier molecular flexibility index (Phi) is 9.39. The molecule has 0 aliphatic carbocycles. The fraction of sp³-hybridized carbons (Fsp3) is 0.343. The molecule has 11 heteroatoms. The van der Waals surface area contributed by atoms with Gasteiger partial charge in [0, 0.05) is 38.4 Å². The summed E-state index contributed by atoms with van der Waals surface area (Å²) in [5.74, 6) is 1.17. The number of likely N-dealkylation sites (N-methyl/N-ethyl adjacent to an activating group) is 1. The van der Waals surface area contributed by atoms with Gasteiger partial charge in [0.15, 0.2) is 11.5 Å². The number of hydrogen-bond acceptors (Lipinski definition) is 8. The first-order valence-electron chi connectivity index (χ1n) is 15.5. The van der Waals surface area contributed by atoms with Crippen molar-refractivity contribution in [3.63, 3.8) is 0 Å². The molecular weight excluding hydrogens is 586 g/mol. The lowest BCUT2D eigenvalue weighted by Gasteiger charge is -2.39. The summed E-state index contributed by atoms with van der Waals surface area (Å²) in [6.45, 7) is 3.11. The Bertz CT molecular complexity index is 1740. The molecule has 0 saturated carbocycles. The van der Waals surface area contributed by atoms with Gasteiger partial charge < -0.3 is 29.3 Å². The number of likely N-dealkylation sites (tertiary alicyclic amines) is 1. The Morgan fingerprint density at radius 1 is 1.02 bits per heavy atom. The number of para-hydroxylation sites is 1. The van der Waals surface area contributed by atoms with Gasteiger partial charge in [-0.05, 0) is 67.3 Å². The second kappa shape index (κ2) is 13.9. The molecule has 11 nitrogen and oxygen atoms in total. The predicted octanol–water partition coefficient (Wildman–Crippen LogP) is 4.14. The van der Waals surface area contributed by atoms with Crippen molar-refractivity contribution >= 4 is 28.8 Å². The van der Waals surface area contributed by atoms with Crippen LogP contribution in [0.4, 0.5) is 0 Å². The van der Waals surface area contributed by atoms with Crippen molar-refractivity contribution in [2.75, 3.05) is 33.3 Å². The molecule has 238 valence electrons. The maximum absolute atomic E-state index is 13.8. The summed E-state index contributed by atoms with van der Waals surface area (Å²) in [7, 11) is 1.58. The Morgan fingerprint density at radius 2 is 1.87 bits per heavy atom. The minimum atomic E-state index is -0.506. The standard InChI is InChI=1S/C35H37N5O6/c1-3-39-21-32(41)38-27-14-17-40(35(43)26-8-5-9-28-34(26)37-16-15-36-28)20-31(27)45-22-24-6-4-7-25(18-24)46-30-19-23(11-13-33(39)42)10-12-29(30)44-2/h4-10,12,15-16,18-19,27,31H,3,11,13-14,17,20-22H2,1-2H3,(H,38,41)/t27-,31-/m0/s1. The SMILES string of the molecule is CCN1CC(=O)N[C@H]2CCN(C(=O)c3cccc4nccnc34)C[C@@H]2OCc2cccc(c2)Oc2cc(ccc2OC)CCC1=O. The normalized spacial score (nSPS) is 19.3. The topological polar surface area (TPSA) is 123 Å². The molecule has 1 saturated heterocycles. The van der Waals surface area contributed by atoms with Crippen LogP contribution in [-0.4, -0.2) is 82.9 Å². The lowest BCUT2D eigenvalue weighted by molar-refractivity contribution is -0.136. The number of aromatic nitrogens is 2. The number of hydrogen-bond donors (Lipinski definition) is 1. The summed E-state index contributed by atoms with van der Waals surface area (Å²) in [5.41, 5.74) is 3.44. The van der Waals surface area contributed by atoms with E-state index >= 15 is 0 Å². The number of benzene rings is 3. The maximum atomic E-state index is 13.8. The number of nitrogens with one attached hydrogen (secondary N) is 1. The van der Waals surface area contributed by atoms with Crippen LogP contribution in [-0.2, 0) is 27.4 Å². The van der Waals surface area contributed by atoms with Crippen molar-refractivity contribution in [3.8, 4) is 17.2 Å². The molecule has 46 heavy (non-hydrogen) atoms. The molecule has 1 fully saturated rings. The van der Waals surface area contributed by atoms with Crippen molar-refractivity contribution in [3.05, 3.63) is 89.7 Å². The maximum Gasteiger partial charge on any atom is 0.256 e. The van der Waals surface area contributed by atoms with E-state index in [2.05, 4.69) is 15.3 Å². The van der Waals surface area contributed by atoms with E-state index < -0.39 is 6.10 Å². The molecule has 6 rings (SSSR count). The van der Waals surface area contributed by atoms with E-state index in [1.165, 1.54) is 0 Å². The largest absolute Gasteiger partial charge is 0.493 e. The van der Waals surface area contributed by atoms with Gasteiger partial charge in [-0.15, -0.1) is 0 Å². The third kappa shape index (κ3) is 6.94. The first-order valence-corrected chi connectivity index (χ1v) is 15.5. The van der Waals surface area contributed by atoms with Crippen LogP contribution in [0.1, 0.15) is 41.3 Å². The van der Waals surface area contributed by atoms with E-state index in [-0.39, 0.29) is 49.9 Å². The molecule has 3 aromatic carbocycles. The number of nitrogens with zero attached hydrogens (tertiary/aromatic N) is 4. The molecule has 0 spiro atoms. The van der Waals surface area contributed by atoms with E-state index in [0.717, 1.165) is 11.1 Å². The van der Waals surface area contributed by atoms with Crippen molar-refractivity contribution in [2.45, 2.75) is 44.9 Å². The molecule has 3 amide bonds. The molecular formula is C35H37N5O6. The molecule has 3 heterocycles. The smallest absolute Gasteiger partial charge is 0.256 e. The van der Waals surface area contributed by atoms with Gasteiger partial charge in [-0.25, -0.2) is 0 Å². The summed E-state index contributed by atoms with van der Waals surface area (Å²) >= 11 is 0. The van der Waals surface area contributed by atoms with Crippen molar-refractivity contribution in [2.24, 2.45) is 0 Å². The number of piperidine rings is 1. The van der Waals surface area contributed by atoms with Crippen LogP contribution in [0.3, 0.4) is 0 Å². The fourth-order valence-corrected chi connectivity index (χ4v) is 5.97. The molecule has 4 aromatic rings. The first-order chi connectivity index (χ1) is 22.4. The minimum Gasteiger partial charge on any atom is -0.493 e. The number of amides is 3. The minimum absolute atomic E-state index is 0.0606. The summed E-state index contributed by atoms with van der Waals surface area (Å²) < 4.78 is 18.2. The summed E-state index contributed by atoms with van der Waals surface area (Å²) in [5, 5.41) is 3.10. The third-order valence-corrected chi connectivity index (χ3v) is 8.44. The molecule has 2 atom stereocenters. The number of aryl methyl sites for hydroxylation is 1. The number of methoxy groups -OCH3 is 1. The monoisotopic (exact) mass is 623 g/mol. The Balaban J connectivity index is 1.28. The lowest BCUT2D eigenvalue weighted by atomic mass is 10.00. The molecule has 1 N–H and O–H groups in total. The number of carbonyl (C=O) groups is 3. The summed E-state index contributed by atoms with van der Waals surface area (Å²) in [4.78, 5) is 52.3. The van der Waals surface area contributed by atoms with Gasteiger partial charge in [0.2, 0.25) is 11.8 Å². The van der Waals surface area contributed by atoms with Gasteiger partial charge in [0.25, 0.3) is 5.91 Å². The van der Waals surface area contributed by atoms with Crippen LogP contribution in [0.25, 0.3) is 11.0 Å². The molecule has 0 radical (unpaired) electrons. The number of ether oxygens (including phenoxy) is 3. The number of fused-ring (bicyclic) bond motifs is 6. The highest BCUT2D eigenvalue weighted by Gasteiger charge is 2.34. The zero-order valence-corrected chi connectivity index (χ0v) is 26.0. The molecule has 4 bridgehead atoms. The molecule has 1 aromatic heterocycles. The van der Waals surface area contributed by atoms with Crippen LogP contribution in [0, 0.1) is 0 Å². The number of carbonyl (C=O) groups excluding carboxylic acids is 3. The van der Waals surface area contributed by atoms with Gasteiger partial charge in [-0.2, -0.15) is 0 Å². The van der Waals surface area contributed by atoms with Crippen LogP contribution >= 0.6 is 0 Å². The third-order valence-electron chi connectivity index (χ3n) is 8.44. The Labute approximate surface area is 267 Å². The summed E-state index contributed by atoms with van der Waals surface area (Å²) in [6, 6.07) is 18.2. The van der Waals surface area contributed by atoms with Crippen LogP contribution in [0.15, 0.2) is 73.1 Å². The Morgan fingerprint density at radius 3 is 2.72 bits per heavy atom. The van der Waals surface area contributed by atoms with E-state index in [0.29, 0.717) is 59.8 Å². The highest BCUT2D eigenvalue weighted by molar-refractivity contribution is 6.04. The predicted molar refractivity (Wildman–Crippen MR) is 171 cm³/mol. The van der Waals surface area contributed by atoms with Gasteiger partial charge in [0.05, 0.1) is 43.5 Å². The number of rotatable bonds is 3. The van der Waals surface area contributed by atoms with Gasteiger partial charge in [0.1, 0.15) is 11.3 Å². The van der Waals surface area contributed by atoms with E-state index in [1.807, 2.05) is 55.5 Å². The fourth-order valence-electron chi connectivity index (χ4n) is 5.97.